The van der Waals surface area contributed by atoms with Gasteiger partial charge in [0, 0.05) is 25.2 Å². The Hall–Kier alpha value is -0.810. The molecule has 0 aliphatic heterocycles. The number of carbonyl (C=O) groups excluding carboxylic acids is 1. The largest absolute Gasteiger partial charge is 0.444 e. The smallest absolute Gasteiger partial charge is 0.407 e. The standard InChI is InChI=1S/C11H25N3O2/c1-8(6-12)14-9(2)7-13-10(15)16-11(3,4)5/h8-9,14H,6-7,12H2,1-5H3,(H,13,15). The first-order chi connectivity index (χ1) is 7.24. The molecule has 0 saturated heterocycles. The minimum atomic E-state index is -0.453. The van der Waals surface area contributed by atoms with Crippen molar-refractivity contribution >= 4 is 6.09 Å². The van der Waals surface area contributed by atoms with Crippen molar-refractivity contribution in [2.45, 2.75) is 52.3 Å². The van der Waals surface area contributed by atoms with E-state index in [4.69, 9.17) is 10.5 Å². The number of hydrogen-bond donors (Lipinski definition) is 3. The van der Waals surface area contributed by atoms with E-state index in [0.29, 0.717) is 13.1 Å². The highest BCUT2D eigenvalue weighted by Crippen LogP contribution is 2.06. The molecular formula is C11H25N3O2. The topological polar surface area (TPSA) is 76.4 Å². The first-order valence-electron chi connectivity index (χ1n) is 5.67. The zero-order valence-electron chi connectivity index (χ0n) is 11.0. The van der Waals surface area contributed by atoms with E-state index < -0.39 is 5.60 Å². The van der Waals surface area contributed by atoms with E-state index in [-0.39, 0.29) is 18.2 Å². The fraction of sp³-hybridized carbons (Fsp3) is 0.909. The molecule has 0 saturated carbocycles. The van der Waals surface area contributed by atoms with E-state index in [2.05, 4.69) is 10.6 Å². The number of ether oxygens (including phenoxy) is 1. The summed E-state index contributed by atoms with van der Waals surface area (Å²) in [4.78, 5) is 11.3. The molecule has 0 aromatic heterocycles. The molecule has 0 rings (SSSR count). The van der Waals surface area contributed by atoms with Crippen LogP contribution in [0.15, 0.2) is 0 Å². The molecule has 0 fully saturated rings. The van der Waals surface area contributed by atoms with Crippen LogP contribution in [0.1, 0.15) is 34.6 Å². The fourth-order valence-electron chi connectivity index (χ4n) is 1.16. The van der Waals surface area contributed by atoms with E-state index in [1.165, 1.54) is 0 Å². The molecule has 0 heterocycles. The minimum absolute atomic E-state index is 0.172. The minimum Gasteiger partial charge on any atom is -0.444 e. The summed E-state index contributed by atoms with van der Waals surface area (Å²) in [7, 11) is 0. The molecular weight excluding hydrogens is 206 g/mol. The Balaban J connectivity index is 3.75. The summed E-state index contributed by atoms with van der Waals surface area (Å²) < 4.78 is 5.12. The number of nitrogens with one attached hydrogen (secondary N) is 2. The zero-order chi connectivity index (χ0) is 12.8. The summed E-state index contributed by atoms with van der Waals surface area (Å²) in [5, 5.41) is 5.96. The number of hydrogen-bond acceptors (Lipinski definition) is 4. The Labute approximate surface area is 98.1 Å². The second kappa shape index (κ2) is 6.70. The molecule has 1 amide bonds. The van der Waals surface area contributed by atoms with E-state index in [1.807, 2.05) is 34.6 Å². The highest BCUT2D eigenvalue weighted by molar-refractivity contribution is 5.67. The van der Waals surface area contributed by atoms with Gasteiger partial charge in [-0.15, -0.1) is 0 Å². The van der Waals surface area contributed by atoms with Crippen molar-refractivity contribution in [2.75, 3.05) is 13.1 Å². The van der Waals surface area contributed by atoms with Crippen LogP contribution >= 0.6 is 0 Å². The monoisotopic (exact) mass is 231 g/mol. The van der Waals surface area contributed by atoms with Crippen LogP contribution in [0.4, 0.5) is 4.79 Å². The Morgan fingerprint density at radius 1 is 1.31 bits per heavy atom. The number of rotatable bonds is 5. The van der Waals surface area contributed by atoms with Gasteiger partial charge in [0.25, 0.3) is 0 Å². The summed E-state index contributed by atoms with van der Waals surface area (Å²) >= 11 is 0. The molecule has 0 aliphatic carbocycles. The van der Waals surface area contributed by atoms with Crippen molar-refractivity contribution in [2.24, 2.45) is 5.73 Å². The predicted molar refractivity (Wildman–Crippen MR) is 65.4 cm³/mol. The lowest BCUT2D eigenvalue weighted by Gasteiger charge is -2.22. The Kier molecular flexibility index (Phi) is 6.36. The van der Waals surface area contributed by atoms with Gasteiger partial charge >= 0.3 is 6.09 Å². The number of amides is 1. The van der Waals surface area contributed by atoms with Crippen LogP contribution in [0, 0.1) is 0 Å². The van der Waals surface area contributed by atoms with E-state index in [9.17, 15) is 4.79 Å². The second-order valence-corrected chi connectivity index (χ2v) is 5.09. The van der Waals surface area contributed by atoms with Gasteiger partial charge in [0.1, 0.15) is 5.60 Å². The van der Waals surface area contributed by atoms with Crippen molar-refractivity contribution in [1.82, 2.24) is 10.6 Å². The molecule has 16 heavy (non-hydrogen) atoms. The molecule has 0 aromatic rings. The maximum absolute atomic E-state index is 11.3. The first-order valence-corrected chi connectivity index (χ1v) is 5.67. The third kappa shape index (κ3) is 8.49. The van der Waals surface area contributed by atoms with Crippen molar-refractivity contribution in [3.63, 3.8) is 0 Å². The van der Waals surface area contributed by atoms with Crippen molar-refractivity contribution in [3.05, 3.63) is 0 Å². The van der Waals surface area contributed by atoms with Gasteiger partial charge in [-0.1, -0.05) is 0 Å². The lowest BCUT2D eigenvalue weighted by Crippen LogP contribution is -2.46. The molecule has 4 N–H and O–H groups in total. The van der Waals surface area contributed by atoms with Crippen LogP contribution in [0.25, 0.3) is 0 Å². The van der Waals surface area contributed by atoms with E-state index >= 15 is 0 Å². The van der Waals surface area contributed by atoms with Crippen LogP contribution in [-0.4, -0.2) is 36.9 Å². The Morgan fingerprint density at radius 2 is 1.88 bits per heavy atom. The van der Waals surface area contributed by atoms with Crippen LogP contribution in [-0.2, 0) is 4.74 Å². The lowest BCUT2D eigenvalue weighted by molar-refractivity contribution is 0.0523. The molecule has 5 nitrogen and oxygen atoms in total. The molecule has 2 atom stereocenters. The number of nitrogens with two attached hydrogens (primary N) is 1. The summed E-state index contributed by atoms with van der Waals surface area (Å²) in [6.07, 6.45) is -0.387. The van der Waals surface area contributed by atoms with Gasteiger partial charge in [-0.25, -0.2) is 4.79 Å². The SMILES string of the molecule is CC(CN)NC(C)CNC(=O)OC(C)(C)C. The quantitative estimate of drug-likeness (QED) is 0.655. The van der Waals surface area contributed by atoms with Gasteiger partial charge in [0.15, 0.2) is 0 Å². The third-order valence-corrected chi connectivity index (χ3v) is 1.87. The van der Waals surface area contributed by atoms with E-state index in [1.54, 1.807) is 0 Å². The average Bonchev–Trinajstić information content (AvgIpc) is 2.12. The van der Waals surface area contributed by atoms with Gasteiger partial charge in [-0.3, -0.25) is 0 Å². The van der Waals surface area contributed by atoms with Crippen molar-refractivity contribution < 1.29 is 9.53 Å². The maximum Gasteiger partial charge on any atom is 0.407 e. The Bertz CT molecular complexity index is 214. The molecule has 96 valence electrons. The zero-order valence-corrected chi connectivity index (χ0v) is 11.0. The molecule has 0 bridgehead atoms. The number of carbonyl (C=O) groups is 1. The summed E-state index contributed by atoms with van der Waals surface area (Å²) in [5.74, 6) is 0. The van der Waals surface area contributed by atoms with Crippen LogP contribution in [0.5, 0.6) is 0 Å². The van der Waals surface area contributed by atoms with Gasteiger partial charge < -0.3 is 21.1 Å². The van der Waals surface area contributed by atoms with Crippen LogP contribution in [0.3, 0.4) is 0 Å². The predicted octanol–water partition coefficient (Wildman–Crippen LogP) is 0.836. The summed E-state index contributed by atoms with van der Waals surface area (Å²) in [6.45, 7) is 10.6. The van der Waals surface area contributed by atoms with Gasteiger partial charge in [0.2, 0.25) is 0 Å². The molecule has 2 unspecified atom stereocenters. The molecule has 0 aromatic carbocycles. The van der Waals surface area contributed by atoms with Crippen LogP contribution < -0.4 is 16.4 Å². The average molecular weight is 231 g/mol. The highest BCUT2D eigenvalue weighted by Gasteiger charge is 2.16. The number of alkyl carbamates (subject to hydrolysis) is 1. The third-order valence-electron chi connectivity index (χ3n) is 1.87. The molecule has 5 heteroatoms. The summed E-state index contributed by atoms with van der Waals surface area (Å²) in [6, 6.07) is 0.418. The molecule has 0 radical (unpaired) electrons. The second-order valence-electron chi connectivity index (χ2n) is 5.09. The van der Waals surface area contributed by atoms with Gasteiger partial charge in [-0.05, 0) is 34.6 Å². The van der Waals surface area contributed by atoms with Gasteiger partial charge in [-0.2, -0.15) is 0 Å². The lowest BCUT2D eigenvalue weighted by atomic mass is 10.2. The maximum atomic E-state index is 11.3. The normalized spacial score (nSPS) is 15.4. The molecule has 0 aliphatic rings. The van der Waals surface area contributed by atoms with Crippen LogP contribution in [0.2, 0.25) is 0 Å². The highest BCUT2D eigenvalue weighted by atomic mass is 16.6. The summed E-state index contributed by atoms with van der Waals surface area (Å²) in [5.41, 5.74) is 5.03. The van der Waals surface area contributed by atoms with Gasteiger partial charge in [0.05, 0.1) is 0 Å². The van der Waals surface area contributed by atoms with E-state index in [0.717, 1.165) is 0 Å². The van der Waals surface area contributed by atoms with Crippen molar-refractivity contribution in [1.29, 1.82) is 0 Å². The fourth-order valence-corrected chi connectivity index (χ4v) is 1.16. The van der Waals surface area contributed by atoms with Crippen molar-refractivity contribution in [3.8, 4) is 0 Å². The first kappa shape index (κ1) is 15.2. The molecule has 0 spiro atoms. The Morgan fingerprint density at radius 3 is 2.31 bits per heavy atom.